The van der Waals surface area contributed by atoms with Crippen molar-refractivity contribution in [2.75, 3.05) is 18.1 Å². The molecule has 0 saturated heterocycles. The molecule has 0 fully saturated rings. The Balaban J connectivity index is 2.09. The summed E-state index contributed by atoms with van der Waals surface area (Å²) in [5.74, 6) is -1.45. The topological polar surface area (TPSA) is 70.0 Å². The Kier molecular flexibility index (Phi) is 4.74. The molecular weight excluding hydrogens is 328 g/mol. The third kappa shape index (κ3) is 2.96. The van der Waals surface area contributed by atoms with Gasteiger partial charge >= 0.3 is 0 Å². The molecule has 3 rings (SSSR count). The predicted octanol–water partition coefficient (Wildman–Crippen LogP) is 2.67. The second-order valence-corrected chi connectivity index (χ2v) is 5.74. The Morgan fingerprint density at radius 1 is 1.17 bits per heavy atom. The van der Waals surface area contributed by atoms with Gasteiger partial charge in [0.2, 0.25) is 5.91 Å². The summed E-state index contributed by atoms with van der Waals surface area (Å²) in [4.78, 5) is 30.9. The van der Waals surface area contributed by atoms with Crippen molar-refractivity contribution in [1.29, 1.82) is 0 Å². The third-order valence-corrected chi connectivity index (χ3v) is 4.00. The lowest BCUT2D eigenvalue weighted by Gasteiger charge is -2.31. The number of imide groups is 1. The van der Waals surface area contributed by atoms with Crippen LogP contribution in [0.4, 0.5) is 5.69 Å². The quantitative estimate of drug-likeness (QED) is 0.686. The van der Waals surface area contributed by atoms with Crippen LogP contribution >= 0.6 is 11.6 Å². The maximum Gasteiger partial charge on any atom is 0.265 e. The van der Waals surface area contributed by atoms with Crippen LogP contribution in [-0.2, 0) is 4.79 Å². The van der Waals surface area contributed by atoms with Crippen molar-refractivity contribution in [2.24, 2.45) is 4.99 Å². The minimum atomic E-state index is -0.676. The van der Waals surface area contributed by atoms with Crippen LogP contribution < -0.4 is 4.90 Å². The molecule has 1 atom stereocenters. The van der Waals surface area contributed by atoms with Gasteiger partial charge in [-0.1, -0.05) is 35.9 Å². The predicted molar refractivity (Wildman–Crippen MR) is 92.9 cm³/mol. The van der Waals surface area contributed by atoms with E-state index in [9.17, 15) is 9.59 Å². The fraction of sp³-hybridized carbons (Fsp3) is 0.167. The molecule has 0 radical (unpaired) electrons. The summed E-state index contributed by atoms with van der Waals surface area (Å²) in [6.45, 7) is 0.104. The van der Waals surface area contributed by atoms with Crippen molar-refractivity contribution in [2.45, 2.75) is 5.92 Å². The van der Waals surface area contributed by atoms with Gasteiger partial charge in [-0.3, -0.25) is 14.6 Å². The number of aliphatic imine (C=N–C) groups is 1. The van der Waals surface area contributed by atoms with Crippen molar-refractivity contribution >= 4 is 35.3 Å². The van der Waals surface area contributed by atoms with Crippen LogP contribution in [0.25, 0.3) is 0 Å². The van der Waals surface area contributed by atoms with Crippen LogP contribution in [-0.4, -0.2) is 36.3 Å². The molecule has 2 aromatic carbocycles. The van der Waals surface area contributed by atoms with Gasteiger partial charge in [-0.2, -0.15) is 0 Å². The Morgan fingerprint density at radius 2 is 1.96 bits per heavy atom. The van der Waals surface area contributed by atoms with Gasteiger partial charge in [0.15, 0.2) is 0 Å². The number of benzene rings is 2. The molecular formula is C18H15ClN2O3. The second kappa shape index (κ2) is 6.95. The van der Waals surface area contributed by atoms with E-state index < -0.39 is 5.92 Å². The number of rotatable bonds is 4. The molecule has 1 heterocycles. The van der Waals surface area contributed by atoms with E-state index in [1.54, 1.807) is 48.5 Å². The minimum Gasteiger partial charge on any atom is -0.394 e. The van der Waals surface area contributed by atoms with Gasteiger partial charge in [0.25, 0.3) is 5.91 Å². The number of aliphatic hydroxyl groups excluding tert-OH is 1. The van der Waals surface area contributed by atoms with Crippen molar-refractivity contribution in [1.82, 2.24) is 0 Å². The molecule has 0 aromatic heterocycles. The van der Waals surface area contributed by atoms with E-state index in [0.29, 0.717) is 21.8 Å². The fourth-order valence-corrected chi connectivity index (χ4v) is 2.88. The largest absolute Gasteiger partial charge is 0.394 e. The van der Waals surface area contributed by atoms with Gasteiger partial charge in [0, 0.05) is 16.8 Å². The number of carbonyl (C=O) groups excluding carboxylic acids is 2. The SMILES string of the molecule is O=C1c2ccccc2[C@H](C=NCCO)C(=O)N1c1cccc(Cl)c1. The van der Waals surface area contributed by atoms with Crippen molar-refractivity contribution < 1.29 is 14.7 Å². The Morgan fingerprint density at radius 3 is 2.71 bits per heavy atom. The molecule has 2 aromatic rings. The van der Waals surface area contributed by atoms with E-state index in [-0.39, 0.29) is 25.0 Å². The fourth-order valence-electron chi connectivity index (χ4n) is 2.70. The minimum absolute atomic E-state index is 0.101. The molecule has 0 unspecified atom stereocenters. The highest BCUT2D eigenvalue weighted by atomic mass is 35.5. The van der Waals surface area contributed by atoms with Gasteiger partial charge in [-0.25, -0.2) is 4.90 Å². The third-order valence-electron chi connectivity index (χ3n) is 3.77. The molecule has 6 heteroatoms. The average Bonchev–Trinajstić information content (AvgIpc) is 2.58. The highest BCUT2D eigenvalue weighted by Gasteiger charge is 2.38. The molecule has 24 heavy (non-hydrogen) atoms. The van der Waals surface area contributed by atoms with E-state index in [0.717, 1.165) is 4.90 Å². The first kappa shape index (κ1) is 16.4. The Bertz CT molecular complexity index is 819. The maximum atomic E-state index is 12.9. The summed E-state index contributed by atoms with van der Waals surface area (Å²) in [7, 11) is 0. The molecule has 0 aliphatic carbocycles. The monoisotopic (exact) mass is 342 g/mol. The molecule has 2 amide bonds. The van der Waals surface area contributed by atoms with Crippen LogP contribution in [0.5, 0.6) is 0 Å². The van der Waals surface area contributed by atoms with Crippen molar-refractivity contribution in [3.05, 3.63) is 64.7 Å². The first-order valence-corrected chi connectivity index (χ1v) is 7.85. The van der Waals surface area contributed by atoms with E-state index in [4.69, 9.17) is 16.7 Å². The smallest absolute Gasteiger partial charge is 0.265 e. The number of halogens is 1. The molecule has 1 aliphatic rings. The highest BCUT2D eigenvalue weighted by molar-refractivity contribution is 6.32. The summed E-state index contributed by atoms with van der Waals surface area (Å²) >= 11 is 6.00. The zero-order chi connectivity index (χ0) is 17.1. The number of hydrogen-bond acceptors (Lipinski definition) is 4. The zero-order valence-corrected chi connectivity index (χ0v) is 13.5. The van der Waals surface area contributed by atoms with E-state index in [2.05, 4.69) is 4.99 Å². The van der Waals surface area contributed by atoms with Crippen molar-refractivity contribution in [3.8, 4) is 0 Å². The normalized spacial score (nSPS) is 17.4. The summed E-state index contributed by atoms with van der Waals surface area (Å²) in [5, 5.41) is 9.32. The van der Waals surface area contributed by atoms with Crippen LogP contribution in [0.3, 0.4) is 0 Å². The average molecular weight is 343 g/mol. The summed E-state index contributed by atoms with van der Waals surface area (Å²) in [6, 6.07) is 13.6. The standard InChI is InChI=1S/C18H15ClN2O3/c19-12-4-3-5-13(10-12)21-17(23)15-7-2-1-6-14(15)16(18(21)24)11-20-8-9-22/h1-7,10-11,16,22H,8-9H2/t16-/m0/s1. The second-order valence-electron chi connectivity index (χ2n) is 5.30. The number of carbonyl (C=O) groups is 2. The highest BCUT2D eigenvalue weighted by Crippen LogP contribution is 2.32. The van der Waals surface area contributed by atoms with Crippen LogP contribution in [0, 0.1) is 0 Å². The molecule has 0 saturated carbocycles. The maximum absolute atomic E-state index is 12.9. The molecule has 122 valence electrons. The van der Waals surface area contributed by atoms with Gasteiger partial charge in [-0.05, 0) is 29.8 Å². The Hall–Kier alpha value is -2.50. The number of nitrogens with zero attached hydrogens (tertiary/aromatic N) is 2. The van der Waals surface area contributed by atoms with Gasteiger partial charge < -0.3 is 5.11 Å². The summed E-state index contributed by atoms with van der Waals surface area (Å²) in [5.41, 5.74) is 1.50. The van der Waals surface area contributed by atoms with E-state index in [1.807, 2.05) is 0 Å². The van der Waals surface area contributed by atoms with Gasteiger partial charge in [0.05, 0.1) is 24.8 Å². The van der Waals surface area contributed by atoms with Gasteiger partial charge in [0.1, 0.15) is 0 Å². The lowest BCUT2D eigenvalue weighted by molar-refractivity contribution is -0.118. The number of amides is 2. The first-order chi connectivity index (χ1) is 11.6. The van der Waals surface area contributed by atoms with Crippen LogP contribution in [0.1, 0.15) is 21.8 Å². The van der Waals surface area contributed by atoms with E-state index in [1.165, 1.54) is 6.21 Å². The molecule has 0 spiro atoms. The number of aliphatic hydroxyl groups is 1. The molecule has 1 aliphatic heterocycles. The summed E-state index contributed by atoms with van der Waals surface area (Å²) in [6.07, 6.45) is 1.49. The van der Waals surface area contributed by atoms with Crippen LogP contribution in [0.15, 0.2) is 53.5 Å². The van der Waals surface area contributed by atoms with Gasteiger partial charge in [-0.15, -0.1) is 0 Å². The molecule has 1 N–H and O–H groups in total. The number of hydrogen-bond donors (Lipinski definition) is 1. The number of fused-ring (bicyclic) bond motifs is 1. The van der Waals surface area contributed by atoms with E-state index >= 15 is 0 Å². The lowest BCUT2D eigenvalue weighted by atomic mass is 9.89. The molecule has 0 bridgehead atoms. The molecule has 5 nitrogen and oxygen atoms in total. The zero-order valence-electron chi connectivity index (χ0n) is 12.7. The van der Waals surface area contributed by atoms with Crippen LogP contribution in [0.2, 0.25) is 5.02 Å². The summed E-state index contributed by atoms with van der Waals surface area (Å²) < 4.78 is 0. The lowest BCUT2D eigenvalue weighted by Crippen LogP contribution is -2.45. The first-order valence-electron chi connectivity index (χ1n) is 7.47. The van der Waals surface area contributed by atoms with Crippen molar-refractivity contribution in [3.63, 3.8) is 0 Å². The number of anilines is 1. The Labute approximate surface area is 144 Å².